The molecule has 0 bridgehead atoms. The first-order valence-corrected chi connectivity index (χ1v) is 9.18. The van der Waals surface area contributed by atoms with Crippen molar-refractivity contribution in [2.24, 2.45) is 5.10 Å². The minimum Gasteiger partial charge on any atom is -0.497 e. The molecular weight excluding hydrogens is 388 g/mol. The maximum atomic E-state index is 12.1. The molecule has 0 spiro atoms. The molecule has 0 atom stereocenters. The Hall–Kier alpha value is -3.88. The van der Waals surface area contributed by atoms with Gasteiger partial charge in [0.15, 0.2) is 6.61 Å². The number of methoxy groups -OCH3 is 1. The molecule has 0 saturated heterocycles. The molecule has 0 aliphatic rings. The first-order chi connectivity index (χ1) is 14.4. The second-order valence-electron chi connectivity index (χ2n) is 6.43. The first-order valence-electron chi connectivity index (χ1n) is 9.18. The van der Waals surface area contributed by atoms with Gasteiger partial charge in [0, 0.05) is 17.3 Å². The summed E-state index contributed by atoms with van der Waals surface area (Å²) in [6.45, 7) is 3.26. The molecule has 30 heavy (non-hydrogen) atoms. The normalized spacial score (nSPS) is 10.5. The standard InChI is InChI=1S/C21H24N4O5/c1-14(2)23-20(27)21(28)25-22-12-15-6-4-5-7-18(15)30-13-19(26)24-16-8-10-17(29-3)11-9-16/h4-12,14H,13H2,1-3H3,(H,23,27)(H,24,26)(H,25,28)/b22-12-. The van der Waals surface area contributed by atoms with Gasteiger partial charge in [-0.05, 0) is 50.2 Å². The predicted octanol–water partition coefficient (Wildman–Crippen LogP) is 1.69. The van der Waals surface area contributed by atoms with Crippen molar-refractivity contribution in [1.82, 2.24) is 10.7 Å². The number of nitrogens with one attached hydrogen (secondary N) is 3. The monoisotopic (exact) mass is 412 g/mol. The zero-order chi connectivity index (χ0) is 21.9. The highest BCUT2D eigenvalue weighted by Gasteiger charge is 2.13. The molecule has 2 aromatic rings. The number of hydrogen-bond donors (Lipinski definition) is 3. The van der Waals surface area contributed by atoms with Crippen LogP contribution in [-0.2, 0) is 14.4 Å². The molecule has 2 aromatic carbocycles. The van der Waals surface area contributed by atoms with Crippen LogP contribution < -0.4 is 25.5 Å². The third-order valence-electron chi connectivity index (χ3n) is 3.65. The molecule has 9 nitrogen and oxygen atoms in total. The molecule has 0 aliphatic heterocycles. The minimum absolute atomic E-state index is 0.162. The molecule has 0 fully saturated rings. The number of hydrogen-bond acceptors (Lipinski definition) is 6. The Balaban J connectivity index is 1.90. The van der Waals surface area contributed by atoms with Crippen LogP contribution in [0.3, 0.4) is 0 Å². The smallest absolute Gasteiger partial charge is 0.329 e. The number of para-hydroxylation sites is 1. The quantitative estimate of drug-likeness (QED) is 0.346. The highest BCUT2D eigenvalue weighted by atomic mass is 16.5. The summed E-state index contributed by atoms with van der Waals surface area (Å²) in [6.07, 6.45) is 1.33. The number of nitrogens with zero attached hydrogens (tertiary/aromatic N) is 1. The van der Waals surface area contributed by atoms with Gasteiger partial charge >= 0.3 is 11.8 Å². The fourth-order valence-electron chi connectivity index (χ4n) is 2.27. The maximum Gasteiger partial charge on any atom is 0.329 e. The van der Waals surface area contributed by atoms with Gasteiger partial charge in [0.2, 0.25) is 0 Å². The Kier molecular flexibility index (Phi) is 8.37. The Morgan fingerprint density at radius 3 is 2.40 bits per heavy atom. The highest BCUT2D eigenvalue weighted by Crippen LogP contribution is 2.17. The zero-order valence-corrected chi connectivity index (χ0v) is 17.0. The van der Waals surface area contributed by atoms with E-state index in [1.165, 1.54) is 6.21 Å². The van der Waals surface area contributed by atoms with E-state index >= 15 is 0 Å². The molecule has 0 saturated carbocycles. The van der Waals surface area contributed by atoms with Gasteiger partial charge in [-0.3, -0.25) is 14.4 Å². The van der Waals surface area contributed by atoms with Crippen LogP contribution >= 0.6 is 0 Å². The van der Waals surface area contributed by atoms with Gasteiger partial charge in [-0.2, -0.15) is 5.10 Å². The Morgan fingerprint density at radius 1 is 1.03 bits per heavy atom. The lowest BCUT2D eigenvalue weighted by molar-refractivity contribution is -0.139. The number of anilines is 1. The second kappa shape index (κ2) is 11.2. The molecule has 3 N–H and O–H groups in total. The van der Waals surface area contributed by atoms with Crippen LogP contribution in [-0.4, -0.2) is 43.7 Å². The topological polar surface area (TPSA) is 118 Å². The molecule has 3 amide bonds. The third-order valence-corrected chi connectivity index (χ3v) is 3.65. The molecule has 2 rings (SSSR count). The van der Waals surface area contributed by atoms with Crippen molar-refractivity contribution in [2.75, 3.05) is 19.0 Å². The summed E-state index contributed by atoms with van der Waals surface area (Å²) in [5, 5.41) is 8.94. The lowest BCUT2D eigenvalue weighted by atomic mass is 10.2. The van der Waals surface area contributed by atoms with Crippen molar-refractivity contribution in [3.63, 3.8) is 0 Å². The van der Waals surface area contributed by atoms with Crippen LogP contribution in [0.5, 0.6) is 11.5 Å². The lowest BCUT2D eigenvalue weighted by Crippen LogP contribution is -2.41. The van der Waals surface area contributed by atoms with Crippen molar-refractivity contribution in [3.05, 3.63) is 54.1 Å². The summed E-state index contributed by atoms with van der Waals surface area (Å²) < 4.78 is 10.6. The van der Waals surface area contributed by atoms with E-state index in [0.717, 1.165) is 0 Å². The molecular formula is C21H24N4O5. The highest BCUT2D eigenvalue weighted by molar-refractivity contribution is 6.35. The van der Waals surface area contributed by atoms with Crippen LogP contribution in [0, 0.1) is 0 Å². The number of carbonyl (C=O) groups excluding carboxylic acids is 3. The van der Waals surface area contributed by atoms with Crippen LogP contribution in [0.25, 0.3) is 0 Å². The van der Waals surface area contributed by atoms with Crippen molar-refractivity contribution < 1.29 is 23.9 Å². The molecule has 0 aliphatic carbocycles. The number of benzene rings is 2. The fourth-order valence-corrected chi connectivity index (χ4v) is 2.27. The number of amides is 3. The van der Waals surface area contributed by atoms with Gasteiger partial charge < -0.3 is 20.1 Å². The van der Waals surface area contributed by atoms with Crippen molar-refractivity contribution >= 4 is 29.6 Å². The van der Waals surface area contributed by atoms with Crippen molar-refractivity contribution in [2.45, 2.75) is 19.9 Å². The average molecular weight is 412 g/mol. The third kappa shape index (κ3) is 7.27. The van der Waals surface area contributed by atoms with E-state index in [-0.39, 0.29) is 18.6 Å². The van der Waals surface area contributed by atoms with E-state index in [1.807, 2.05) is 0 Å². The fraction of sp³-hybridized carbons (Fsp3) is 0.238. The van der Waals surface area contributed by atoms with Gasteiger partial charge in [0.1, 0.15) is 11.5 Å². The molecule has 0 heterocycles. The van der Waals surface area contributed by atoms with Crippen LogP contribution in [0.15, 0.2) is 53.6 Å². The summed E-state index contributed by atoms with van der Waals surface area (Å²) >= 11 is 0. The lowest BCUT2D eigenvalue weighted by Gasteiger charge is -2.10. The van der Waals surface area contributed by atoms with Crippen molar-refractivity contribution in [1.29, 1.82) is 0 Å². The SMILES string of the molecule is COc1ccc(NC(=O)COc2ccccc2/C=N\NC(=O)C(=O)NC(C)C)cc1. The van der Waals surface area contributed by atoms with Gasteiger partial charge in [0.25, 0.3) is 5.91 Å². The van der Waals surface area contributed by atoms with Gasteiger partial charge in [-0.1, -0.05) is 12.1 Å². The summed E-state index contributed by atoms with van der Waals surface area (Å²) in [5.41, 5.74) is 3.28. The zero-order valence-electron chi connectivity index (χ0n) is 17.0. The Labute approximate surface area is 174 Å². The summed E-state index contributed by atoms with van der Waals surface area (Å²) in [4.78, 5) is 35.3. The molecule has 9 heteroatoms. The van der Waals surface area contributed by atoms with Crippen LogP contribution in [0.4, 0.5) is 5.69 Å². The minimum atomic E-state index is -0.878. The predicted molar refractivity (Wildman–Crippen MR) is 113 cm³/mol. The molecule has 0 radical (unpaired) electrons. The van der Waals surface area contributed by atoms with E-state index in [2.05, 4.69) is 21.2 Å². The Bertz CT molecular complexity index is 910. The van der Waals surface area contributed by atoms with Crippen molar-refractivity contribution in [3.8, 4) is 11.5 Å². The van der Waals surface area contributed by atoms with Crippen LogP contribution in [0.1, 0.15) is 19.4 Å². The van der Waals surface area contributed by atoms with E-state index in [9.17, 15) is 14.4 Å². The van der Waals surface area contributed by atoms with E-state index in [0.29, 0.717) is 22.7 Å². The number of hydrazone groups is 1. The summed E-state index contributed by atoms with van der Waals surface area (Å²) in [6, 6.07) is 13.6. The molecule has 158 valence electrons. The summed E-state index contributed by atoms with van der Waals surface area (Å²) in [7, 11) is 1.56. The molecule has 0 aromatic heterocycles. The largest absolute Gasteiger partial charge is 0.497 e. The van der Waals surface area contributed by atoms with Gasteiger partial charge in [-0.25, -0.2) is 5.43 Å². The summed E-state index contributed by atoms with van der Waals surface area (Å²) in [5.74, 6) is -0.914. The van der Waals surface area contributed by atoms with Gasteiger partial charge in [0.05, 0.1) is 13.3 Å². The molecule has 0 unspecified atom stereocenters. The first kappa shape index (κ1) is 22.4. The second-order valence-corrected chi connectivity index (χ2v) is 6.43. The number of ether oxygens (including phenoxy) is 2. The van der Waals surface area contributed by atoms with Crippen LogP contribution in [0.2, 0.25) is 0 Å². The maximum absolute atomic E-state index is 12.1. The van der Waals surface area contributed by atoms with E-state index in [4.69, 9.17) is 9.47 Å². The Morgan fingerprint density at radius 2 is 1.73 bits per heavy atom. The number of rotatable bonds is 8. The van der Waals surface area contributed by atoms with E-state index in [1.54, 1.807) is 69.5 Å². The number of carbonyl (C=O) groups is 3. The van der Waals surface area contributed by atoms with Gasteiger partial charge in [-0.15, -0.1) is 0 Å². The van der Waals surface area contributed by atoms with E-state index < -0.39 is 11.8 Å². The average Bonchev–Trinajstić information content (AvgIpc) is 2.73.